The maximum atomic E-state index is 4.59. The summed E-state index contributed by atoms with van der Waals surface area (Å²) in [6.07, 6.45) is 4.56. The van der Waals surface area contributed by atoms with Crippen LogP contribution in [0.2, 0.25) is 0 Å². The van der Waals surface area contributed by atoms with E-state index in [1.807, 2.05) is 27.8 Å². The van der Waals surface area contributed by atoms with E-state index in [9.17, 15) is 0 Å². The summed E-state index contributed by atoms with van der Waals surface area (Å²) in [5.74, 6) is 1.74. The zero-order valence-corrected chi connectivity index (χ0v) is 13.4. The highest BCUT2D eigenvalue weighted by molar-refractivity contribution is 5.45. The molecule has 0 aliphatic heterocycles. The molecule has 0 spiro atoms. The highest BCUT2D eigenvalue weighted by Crippen LogP contribution is 2.18. The van der Waals surface area contributed by atoms with Crippen molar-refractivity contribution in [3.63, 3.8) is 0 Å². The van der Waals surface area contributed by atoms with Gasteiger partial charge >= 0.3 is 0 Å². The maximum absolute atomic E-state index is 4.59. The highest BCUT2D eigenvalue weighted by atomic mass is 15.0. The fourth-order valence-electron chi connectivity index (χ4n) is 2.41. The molecule has 1 atom stereocenters. The molecule has 0 saturated heterocycles. The topological polar surface area (TPSA) is 63.6 Å². The average Bonchev–Trinajstić information content (AvgIpc) is 2.44. The molecule has 0 amide bonds. The van der Waals surface area contributed by atoms with Crippen molar-refractivity contribution in [2.24, 2.45) is 5.92 Å². The standard InChI is InChI=1S/C16H23N5/c1-10(7-17-5)6-14-12(3)20-16(21-13(14)4)15-18-8-11(2)9-19-15/h8-10,17H,6-7H2,1-5H3. The zero-order chi connectivity index (χ0) is 15.4. The van der Waals surface area contributed by atoms with E-state index in [1.54, 1.807) is 12.4 Å². The Kier molecular flexibility index (Phi) is 4.96. The van der Waals surface area contributed by atoms with Crippen LogP contribution in [0.4, 0.5) is 0 Å². The minimum absolute atomic E-state index is 0.553. The number of aryl methyl sites for hydroxylation is 3. The van der Waals surface area contributed by atoms with Gasteiger partial charge in [0.25, 0.3) is 0 Å². The molecule has 2 rings (SSSR count). The van der Waals surface area contributed by atoms with Crippen LogP contribution >= 0.6 is 0 Å². The van der Waals surface area contributed by atoms with E-state index in [4.69, 9.17) is 0 Å². The van der Waals surface area contributed by atoms with Gasteiger partial charge < -0.3 is 5.32 Å². The van der Waals surface area contributed by atoms with Gasteiger partial charge in [0, 0.05) is 23.8 Å². The van der Waals surface area contributed by atoms with Crippen molar-refractivity contribution in [3.8, 4) is 11.6 Å². The maximum Gasteiger partial charge on any atom is 0.198 e. The van der Waals surface area contributed by atoms with Gasteiger partial charge in [-0.2, -0.15) is 0 Å². The minimum atomic E-state index is 0.553. The number of rotatable bonds is 5. The van der Waals surface area contributed by atoms with Crippen molar-refractivity contribution in [2.45, 2.75) is 34.1 Å². The Morgan fingerprint density at radius 1 is 1.00 bits per heavy atom. The third kappa shape index (κ3) is 3.82. The molecule has 21 heavy (non-hydrogen) atoms. The average molecular weight is 285 g/mol. The van der Waals surface area contributed by atoms with Gasteiger partial charge in [0.2, 0.25) is 0 Å². The van der Waals surface area contributed by atoms with Crippen LogP contribution < -0.4 is 5.32 Å². The first-order valence-electron chi connectivity index (χ1n) is 7.29. The lowest BCUT2D eigenvalue weighted by Gasteiger charge is -2.15. The second-order valence-corrected chi connectivity index (χ2v) is 5.65. The summed E-state index contributed by atoms with van der Waals surface area (Å²) in [5.41, 5.74) is 4.30. The Hall–Kier alpha value is -1.88. The largest absolute Gasteiger partial charge is 0.319 e. The lowest BCUT2D eigenvalue weighted by molar-refractivity contribution is 0.537. The third-order valence-electron chi connectivity index (χ3n) is 3.51. The number of hydrogen-bond donors (Lipinski definition) is 1. The molecule has 0 saturated carbocycles. The predicted molar refractivity (Wildman–Crippen MR) is 84.1 cm³/mol. The SMILES string of the molecule is CNCC(C)Cc1c(C)nc(-c2ncc(C)cn2)nc1C. The van der Waals surface area contributed by atoms with E-state index < -0.39 is 0 Å². The number of aromatic nitrogens is 4. The Morgan fingerprint density at radius 3 is 2.10 bits per heavy atom. The van der Waals surface area contributed by atoms with Gasteiger partial charge in [-0.25, -0.2) is 19.9 Å². The van der Waals surface area contributed by atoms with Gasteiger partial charge in [0.15, 0.2) is 11.6 Å². The highest BCUT2D eigenvalue weighted by Gasteiger charge is 2.14. The number of nitrogens with zero attached hydrogens (tertiary/aromatic N) is 4. The minimum Gasteiger partial charge on any atom is -0.319 e. The smallest absolute Gasteiger partial charge is 0.198 e. The third-order valence-corrected chi connectivity index (χ3v) is 3.51. The molecule has 0 aromatic carbocycles. The van der Waals surface area contributed by atoms with Crippen molar-refractivity contribution >= 4 is 0 Å². The second-order valence-electron chi connectivity index (χ2n) is 5.65. The summed E-state index contributed by atoms with van der Waals surface area (Å²) in [4.78, 5) is 17.8. The second kappa shape index (κ2) is 6.72. The van der Waals surface area contributed by atoms with Crippen LogP contribution in [0.25, 0.3) is 11.6 Å². The van der Waals surface area contributed by atoms with Crippen molar-refractivity contribution in [3.05, 3.63) is 34.9 Å². The fraction of sp³-hybridized carbons (Fsp3) is 0.500. The van der Waals surface area contributed by atoms with Crippen LogP contribution in [0, 0.1) is 26.7 Å². The Labute approximate surface area is 126 Å². The molecular formula is C16H23N5. The summed E-state index contributed by atoms with van der Waals surface area (Å²) >= 11 is 0. The van der Waals surface area contributed by atoms with Crippen molar-refractivity contribution < 1.29 is 0 Å². The molecule has 5 heteroatoms. The molecule has 5 nitrogen and oxygen atoms in total. The van der Waals surface area contributed by atoms with E-state index in [1.165, 1.54) is 5.56 Å². The first-order valence-corrected chi connectivity index (χ1v) is 7.29. The van der Waals surface area contributed by atoms with Crippen molar-refractivity contribution in [1.82, 2.24) is 25.3 Å². The van der Waals surface area contributed by atoms with Crippen LogP contribution in [-0.2, 0) is 6.42 Å². The fourth-order valence-corrected chi connectivity index (χ4v) is 2.41. The summed E-state index contributed by atoms with van der Waals surface area (Å²) < 4.78 is 0. The van der Waals surface area contributed by atoms with E-state index in [-0.39, 0.29) is 0 Å². The Morgan fingerprint density at radius 2 is 1.57 bits per heavy atom. The van der Waals surface area contributed by atoms with Crippen LogP contribution in [0.15, 0.2) is 12.4 Å². The molecule has 0 radical (unpaired) electrons. The normalized spacial score (nSPS) is 12.4. The summed E-state index contributed by atoms with van der Waals surface area (Å²) in [7, 11) is 1.98. The van der Waals surface area contributed by atoms with E-state index >= 15 is 0 Å². The molecule has 2 aromatic rings. The lowest BCUT2D eigenvalue weighted by atomic mass is 9.99. The number of hydrogen-bond acceptors (Lipinski definition) is 5. The molecule has 2 aromatic heterocycles. The first kappa shape index (κ1) is 15.5. The molecule has 0 bridgehead atoms. The zero-order valence-electron chi connectivity index (χ0n) is 13.4. The van der Waals surface area contributed by atoms with Crippen LogP contribution in [0.1, 0.15) is 29.4 Å². The van der Waals surface area contributed by atoms with Gasteiger partial charge in [0.1, 0.15) is 0 Å². The molecule has 0 fully saturated rings. The van der Waals surface area contributed by atoms with E-state index in [0.717, 1.165) is 29.9 Å². The van der Waals surface area contributed by atoms with E-state index in [0.29, 0.717) is 17.6 Å². The quantitative estimate of drug-likeness (QED) is 0.913. The molecule has 1 unspecified atom stereocenters. The van der Waals surface area contributed by atoms with Crippen LogP contribution in [0.3, 0.4) is 0 Å². The van der Waals surface area contributed by atoms with Gasteiger partial charge in [0.05, 0.1) is 0 Å². The molecule has 1 N–H and O–H groups in total. The summed E-state index contributed by atoms with van der Waals surface area (Å²) in [6, 6.07) is 0. The Balaban J connectivity index is 2.30. The lowest BCUT2D eigenvalue weighted by Crippen LogP contribution is -2.19. The van der Waals surface area contributed by atoms with Crippen LogP contribution in [-0.4, -0.2) is 33.5 Å². The first-order chi connectivity index (χ1) is 10.0. The van der Waals surface area contributed by atoms with Gasteiger partial charge in [-0.3, -0.25) is 0 Å². The molecule has 0 aliphatic carbocycles. The van der Waals surface area contributed by atoms with Crippen molar-refractivity contribution in [2.75, 3.05) is 13.6 Å². The summed E-state index contributed by atoms with van der Waals surface area (Å²) in [5, 5.41) is 3.21. The van der Waals surface area contributed by atoms with Gasteiger partial charge in [-0.05, 0) is 57.8 Å². The molecule has 0 aliphatic rings. The van der Waals surface area contributed by atoms with Gasteiger partial charge in [-0.1, -0.05) is 6.92 Å². The molecule has 112 valence electrons. The Bertz CT molecular complexity index is 584. The molecular weight excluding hydrogens is 262 g/mol. The predicted octanol–water partition coefficient (Wildman–Crippen LogP) is 2.26. The van der Waals surface area contributed by atoms with Gasteiger partial charge in [-0.15, -0.1) is 0 Å². The van der Waals surface area contributed by atoms with Crippen molar-refractivity contribution in [1.29, 1.82) is 0 Å². The van der Waals surface area contributed by atoms with Crippen LogP contribution in [0.5, 0.6) is 0 Å². The molecule has 2 heterocycles. The van der Waals surface area contributed by atoms with E-state index in [2.05, 4.69) is 32.2 Å². The monoisotopic (exact) mass is 285 g/mol. The summed E-state index contributed by atoms with van der Waals surface area (Å²) in [6.45, 7) is 9.25. The number of nitrogens with one attached hydrogen (secondary N) is 1.